The Morgan fingerprint density at radius 1 is 1.58 bits per heavy atom. The van der Waals surface area contributed by atoms with Crippen LogP contribution in [-0.2, 0) is 0 Å². The van der Waals surface area contributed by atoms with Gasteiger partial charge in [-0.25, -0.2) is 9.67 Å². The van der Waals surface area contributed by atoms with Crippen molar-refractivity contribution in [3.8, 4) is 5.95 Å². The van der Waals surface area contributed by atoms with Crippen LogP contribution in [0.15, 0.2) is 24.7 Å². The minimum Gasteiger partial charge on any atom is -0.329 e. The molecule has 1 N–H and O–H groups in total. The molecule has 2 rings (SSSR count). The van der Waals surface area contributed by atoms with E-state index in [9.17, 15) is 4.79 Å². The van der Waals surface area contributed by atoms with Crippen LogP contribution in [0.2, 0.25) is 0 Å². The summed E-state index contributed by atoms with van der Waals surface area (Å²) in [6.45, 7) is 0. The molecule has 0 atom stereocenters. The first kappa shape index (κ1) is 6.78. The molecule has 0 saturated heterocycles. The molecular weight excluding hydrogens is 156 g/mol. The second-order valence-corrected chi connectivity index (χ2v) is 2.22. The fourth-order valence-corrected chi connectivity index (χ4v) is 0.901. The number of aromatic amines is 1. The summed E-state index contributed by atoms with van der Waals surface area (Å²) in [6, 6.07) is 1.62. The molecule has 0 radical (unpaired) electrons. The standard InChI is InChI=1S/C7H6N4O/c12-5-6-1-4-11(10-6)7-8-2-3-9-7/h1-5H,(H,8,9). The van der Waals surface area contributed by atoms with Crippen molar-refractivity contribution in [2.75, 3.05) is 0 Å². The average Bonchev–Trinajstić information content (AvgIpc) is 2.75. The number of hydrogen-bond acceptors (Lipinski definition) is 3. The Hall–Kier alpha value is -1.91. The summed E-state index contributed by atoms with van der Waals surface area (Å²) in [6.07, 6.45) is 5.68. The minimum atomic E-state index is 0.395. The van der Waals surface area contributed by atoms with E-state index < -0.39 is 0 Å². The fraction of sp³-hybridized carbons (Fsp3) is 0. The molecule has 0 aliphatic rings. The molecule has 60 valence electrons. The third-order valence-corrected chi connectivity index (χ3v) is 1.43. The van der Waals surface area contributed by atoms with E-state index in [2.05, 4.69) is 15.1 Å². The van der Waals surface area contributed by atoms with Gasteiger partial charge in [0, 0.05) is 18.6 Å². The minimum absolute atomic E-state index is 0.395. The van der Waals surface area contributed by atoms with Gasteiger partial charge in [-0.2, -0.15) is 5.10 Å². The number of hydrogen-bond donors (Lipinski definition) is 1. The Morgan fingerprint density at radius 2 is 2.50 bits per heavy atom. The fourth-order valence-electron chi connectivity index (χ4n) is 0.901. The molecular formula is C7H6N4O. The van der Waals surface area contributed by atoms with Crippen LogP contribution in [-0.4, -0.2) is 26.0 Å². The van der Waals surface area contributed by atoms with Gasteiger partial charge in [-0.3, -0.25) is 4.79 Å². The molecule has 5 nitrogen and oxygen atoms in total. The van der Waals surface area contributed by atoms with Gasteiger partial charge < -0.3 is 4.98 Å². The molecule has 0 aliphatic heterocycles. The molecule has 0 saturated carbocycles. The highest BCUT2D eigenvalue weighted by molar-refractivity contribution is 5.71. The van der Waals surface area contributed by atoms with Crippen LogP contribution >= 0.6 is 0 Å². The lowest BCUT2D eigenvalue weighted by Gasteiger charge is -1.91. The molecule has 5 heteroatoms. The molecule has 0 bridgehead atoms. The lowest BCUT2D eigenvalue weighted by molar-refractivity contribution is 0.111. The number of nitrogens with one attached hydrogen (secondary N) is 1. The van der Waals surface area contributed by atoms with E-state index in [0.29, 0.717) is 17.9 Å². The molecule has 0 aromatic carbocycles. The highest BCUT2D eigenvalue weighted by atomic mass is 16.1. The number of aromatic nitrogens is 4. The van der Waals surface area contributed by atoms with Crippen LogP contribution in [0, 0.1) is 0 Å². The number of carbonyl (C=O) groups is 1. The predicted molar refractivity (Wildman–Crippen MR) is 41.1 cm³/mol. The molecule has 0 amide bonds. The van der Waals surface area contributed by atoms with Gasteiger partial charge in [0.1, 0.15) is 5.69 Å². The summed E-state index contributed by atoms with van der Waals surface area (Å²) < 4.78 is 1.50. The molecule has 12 heavy (non-hydrogen) atoms. The molecule has 0 unspecified atom stereocenters. The zero-order chi connectivity index (χ0) is 8.39. The number of H-pyrrole nitrogens is 1. The first-order chi connectivity index (χ1) is 5.90. The van der Waals surface area contributed by atoms with Gasteiger partial charge in [-0.15, -0.1) is 0 Å². The summed E-state index contributed by atoms with van der Waals surface area (Å²) in [5, 5.41) is 3.93. The summed E-state index contributed by atoms with van der Waals surface area (Å²) in [5.74, 6) is 0.600. The molecule has 0 aliphatic carbocycles. The Bertz CT molecular complexity index is 376. The van der Waals surface area contributed by atoms with Crippen molar-refractivity contribution in [2.45, 2.75) is 0 Å². The van der Waals surface area contributed by atoms with Gasteiger partial charge in [-0.05, 0) is 6.07 Å². The molecule has 0 spiro atoms. The smallest absolute Gasteiger partial charge is 0.227 e. The first-order valence-electron chi connectivity index (χ1n) is 3.41. The number of rotatable bonds is 2. The highest BCUT2D eigenvalue weighted by Gasteiger charge is 1.99. The SMILES string of the molecule is O=Cc1ccn(-c2ncc[nH]2)n1. The first-order valence-corrected chi connectivity index (χ1v) is 3.41. The van der Waals surface area contributed by atoms with Gasteiger partial charge >= 0.3 is 0 Å². The van der Waals surface area contributed by atoms with Gasteiger partial charge in [0.25, 0.3) is 0 Å². The predicted octanol–water partition coefficient (Wildman–Crippen LogP) is 0.408. The Balaban J connectivity index is 2.41. The third kappa shape index (κ3) is 1.01. The van der Waals surface area contributed by atoms with Crippen LogP contribution in [0.4, 0.5) is 0 Å². The second kappa shape index (κ2) is 2.61. The number of carbonyl (C=O) groups excluding carboxylic acids is 1. The molecule has 2 aromatic heterocycles. The largest absolute Gasteiger partial charge is 0.329 e. The van der Waals surface area contributed by atoms with Crippen molar-refractivity contribution in [2.24, 2.45) is 0 Å². The second-order valence-electron chi connectivity index (χ2n) is 2.22. The maximum Gasteiger partial charge on any atom is 0.227 e. The Kier molecular flexibility index (Phi) is 1.48. The highest BCUT2D eigenvalue weighted by Crippen LogP contribution is 1.98. The summed E-state index contributed by atoms with van der Waals surface area (Å²) in [5.41, 5.74) is 0.395. The van der Waals surface area contributed by atoms with Crippen LogP contribution < -0.4 is 0 Å². The van der Waals surface area contributed by atoms with Crippen molar-refractivity contribution in [1.82, 2.24) is 19.7 Å². The third-order valence-electron chi connectivity index (χ3n) is 1.43. The maximum atomic E-state index is 10.3. The lowest BCUT2D eigenvalue weighted by atomic mass is 10.5. The van der Waals surface area contributed by atoms with Gasteiger partial charge in [0.05, 0.1) is 0 Å². The van der Waals surface area contributed by atoms with E-state index >= 15 is 0 Å². The van der Waals surface area contributed by atoms with E-state index in [1.807, 2.05) is 0 Å². The summed E-state index contributed by atoms with van der Waals surface area (Å²) in [4.78, 5) is 17.1. The van der Waals surface area contributed by atoms with Crippen LogP contribution in [0.5, 0.6) is 0 Å². The van der Waals surface area contributed by atoms with Crippen molar-refractivity contribution < 1.29 is 4.79 Å². The van der Waals surface area contributed by atoms with Crippen molar-refractivity contribution >= 4 is 6.29 Å². The Labute approximate surface area is 68.1 Å². The molecule has 2 aromatic rings. The van der Waals surface area contributed by atoms with Gasteiger partial charge in [0.2, 0.25) is 5.95 Å². The lowest BCUT2D eigenvalue weighted by Crippen LogP contribution is -1.97. The van der Waals surface area contributed by atoms with E-state index in [1.165, 1.54) is 4.68 Å². The van der Waals surface area contributed by atoms with E-state index in [-0.39, 0.29) is 0 Å². The monoisotopic (exact) mass is 162 g/mol. The van der Waals surface area contributed by atoms with E-state index in [1.54, 1.807) is 24.7 Å². The van der Waals surface area contributed by atoms with Gasteiger partial charge in [0.15, 0.2) is 6.29 Å². The maximum absolute atomic E-state index is 10.3. The zero-order valence-electron chi connectivity index (χ0n) is 6.14. The van der Waals surface area contributed by atoms with Crippen LogP contribution in [0.3, 0.4) is 0 Å². The summed E-state index contributed by atoms with van der Waals surface area (Å²) >= 11 is 0. The summed E-state index contributed by atoms with van der Waals surface area (Å²) in [7, 11) is 0. The van der Waals surface area contributed by atoms with Gasteiger partial charge in [-0.1, -0.05) is 0 Å². The van der Waals surface area contributed by atoms with E-state index in [4.69, 9.17) is 0 Å². The number of aldehydes is 1. The quantitative estimate of drug-likeness (QED) is 0.650. The van der Waals surface area contributed by atoms with Crippen molar-refractivity contribution in [1.29, 1.82) is 0 Å². The number of nitrogens with zero attached hydrogens (tertiary/aromatic N) is 3. The average molecular weight is 162 g/mol. The molecule has 2 heterocycles. The van der Waals surface area contributed by atoms with E-state index in [0.717, 1.165) is 0 Å². The normalized spacial score (nSPS) is 10.0. The van der Waals surface area contributed by atoms with Crippen LogP contribution in [0.25, 0.3) is 5.95 Å². The van der Waals surface area contributed by atoms with Crippen molar-refractivity contribution in [3.05, 3.63) is 30.4 Å². The van der Waals surface area contributed by atoms with Crippen LogP contribution in [0.1, 0.15) is 10.5 Å². The molecule has 0 fully saturated rings. The van der Waals surface area contributed by atoms with Crippen molar-refractivity contribution in [3.63, 3.8) is 0 Å². The topological polar surface area (TPSA) is 63.6 Å². The zero-order valence-corrected chi connectivity index (χ0v) is 6.14. The number of imidazole rings is 1. The Morgan fingerprint density at radius 3 is 3.08 bits per heavy atom.